The summed E-state index contributed by atoms with van der Waals surface area (Å²) in [7, 11) is 0. The summed E-state index contributed by atoms with van der Waals surface area (Å²) in [5, 5.41) is 3.05. The molecule has 23 heavy (non-hydrogen) atoms. The van der Waals surface area contributed by atoms with Crippen LogP contribution in [0.25, 0.3) is 5.65 Å². The van der Waals surface area contributed by atoms with Crippen molar-refractivity contribution < 1.29 is 13.6 Å². The van der Waals surface area contributed by atoms with Gasteiger partial charge in [-0.05, 0) is 31.0 Å². The van der Waals surface area contributed by atoms with E-state index in [1.807, 2.05) is 0 Å². The molecule has 5 nitrogen and oxygen atoms in total. The SMILES string of the molecule is CCCCCCNC(=O)c1cc2nc(C)cc(C(F)(F)Cl)n2n1. The number of rotatable bonds is 7. The number of nitrogens with zero attached hydrogens (tertiary/aromatic N) is 3. The fourth-order valence-electron chi connectivity index (χ4n) is 2.26. The Morgan fingerprint density at radius 1 is 1.35 bits per heavy atom. The van der Waals surface area contributed by atoms with Gasteiger partial charge in [0.25, 0.3) is 5.91 Å². The van der Waals surface area contributed by atoms with Gasteiger partial charge in [0.2, 0.25) is 0 Å². The Balaban J connectivity index is 2.18. The summed E-state index contributed by atoms with van der Waals surface area (Å²) in [6, 6.07) is 2.53. The van der Waals surface area contributed by atoms with E-state index >= 15 is 0 Å². The average Bonchev–Trinajstić information content (AvgIpc) is 2.88. The zero-order valence-electron chi connectivity index (χ0n) is 13.1. The Labute approximate surface area is 138 Å². The molecule has 126 valence electrons. The largest absolute Gasteiger partial charge is 0.364 e. The van der Waals surface area contributed by atoms with Gasteiger partial charge >= 0.3 is 5.38 Å². The normalized spacial score (nSPS) is 11.9. The van der Waals surface area contributed by atoms with Crippen LogP contribution in [-0.4, -0.2) is 27.0 Å². The molecule has 0 saturated carbocycles. The van der Waals surface area contributed by atoms with Gasteiger partial charge in [0, 0.05) is 18.3 Å². The number of aromatic nitrogens is 3. The van der Waals surface area contributed by atoms with E-state index in [1.165, 1.54) is 6.07 Å². The van der Waals surface area contributed by atoms with Gasteiger partial charge in [-0.3, -0.25) is 4.79 Å². The van der Waals surface area contributed by atoms with Crippen molar-refractivity contribution in [3.63, 3.8) is 0 Å². The van der Waals surface area contributed by atoms with Crippen LogP contribution >= 0.6 is 11.6 Å². The van der Waals surface area contributed by atoms with Gasteiger partial charge in [0.15, 0.2) is 11.3 Å². The lowest BCUT2D eigenvalue weighted by atomic mass is 10.2. The number of hydrogen-bond acceptors (Lipinski definition) is 3. The maximum atomic E-state index is 13.5. The summed E-state index contributed by atoms with van der Waals surface area (Å²) in [4.78, 5) is 16.2. The molecule has 1 N–H and O–H groups in total. The van der Waals surface area contributed by atoms with Crippen molar-refractivity contribution >= 4 is 23.2 Å². The lowest BCUT2D eigenvalue weighted by Crippen LogP contribution is -2.25. The minimum Gasteiger partial charge on any atom is -0.351 e. The van der Waals surface area contributed by atoms with E-state index in [-0.39, 0.29) is 11.3 Å². The molecule has 2 aromatic heterocycles. The molecule has 2 aromatic rings. The number of hydrogen-bond donors (Lipinski definition) is 1. The van der Waals surface area contributed by atoms with Gasteiger partial charge in [-0.25, -0.2) is 9.50 Å². The number of carbonyl (C=O) groups is 1. The summed E-state index contributed by atoms with van der Waals surface area (Å²) in [5.41, 5.74) is 0.0696. The second kappa shape index (κ2) is 7.21. The second-order valence-electron chi connectivity index (χ2n) is 5.40. The van der Waals surface area contributed by atoms with Gasteiger partial charge in [0.05, 0.1) is 0 Å². The molecule has 0 radical (unpaired) electrons. The second-order valence-corrected chi connectivity index (χ2v) is 5.87. The van der Waals surface area contributed by atoms with Crippen molar-refractivity contribution in [1.29, 1.82) is 0 Å². The predicted octanol–water partition coefficient (Wildman–Crippen LogP) is 3.64. The van der Waals surface area contributed by atoms with Crippen LogP contribution in [0.5, 0.6) is 0 Å². The number of unbranched alkanes of at least 4 members (excludes halogenated alkanes) is 3. The molecule has 0 spiro atoms. The van der Waals surface area contributed by atoms with Crippen LogP contribution in [0.1, 0.15) is 54.5 Å². The molecule has 0 saturated heterocycles. The summed E-state index contributed by atoms with van der Waals surface area (Å²) in [5.74, 6) is -0.409. The molecule has 0 aliphatic heterocycles. The van der Waals surface area contributed by atoms with Crippen molar-refractivity contribution in [1.82, 2.24) is 19.9 Å². The molecule has 0 unspecified atom stereocenters. The highest BCUT2D eigenvalue weighted by Gasteiger charge is 2.32. The van der Waals surface area contributed by atoms with Crippen LogP contribution in [0.3, 0.4) is 0 Å². The lowest BCUT2D eigenvalue weighted by molar-refractivity contribution is 0.0864. The van der Waals surface area contributed by atoms with E-state index in [1.54, 1.807) is 6.92 Å². The van der Waals surface area contributed by atoms with Crippen molar-refractivity contribution in [3.05, 3.63) is 29.2 Å². The van der Waals surface area contributed by atoms with E-state index in [0.717, 1.165) is 36.3 Å². The zero-order valence-corrected chi connectivity index (χ0v) is 13.8. The highest BCUT2D eigenvalue weighted by molar-refractivity contribution is 6.21. The summed E-state index contributed by atoms with van der Waals surface area (Å²) < 4.78 is 27.9. The van der Waals surface area contributed by atoms with Crippen molar-refractivity contribution in [2.45, 2.75) is 44.9 Å². The Morgan fingerprint density at radius 2 is 2.09 bits per heavy atom. The zero-order chi connectivity index (χ0) is 17.0. The third-order valence-corrected chi connectivity index (χ3v) is 3.59. The number of carbonyl (C=O) groups excluding carboxylic acids is 1. The molecule has 0 fully saturated rings. The van der Waals surface area contributed by atoms with Gasteiger partial charge in [0.1, 0.15) is 5.69 Å². The van der Waals surface area contributed by atoms with Gasteiger partial charge in [-0.1, -0.05) is 26.2 Å². The van der Waals surface area contributed by atoms with Gasteiger partial charge in [-0.2, -0.15) is 13.9 Å². The quantitative estimate of drug-likeness (QED) is 0.616. The number of aryl methyl sites for hydroxylation is 1. The van der Waals surface area contributed by atoms with Crippen LogP contribution < -0.4 is 5.32 Å². The fourth-order valence-corrected chi connectivity index (χ4v) is 2.39. The molecule has 0 bridgehead atoms. The Morgan fingerprint density at radius 3 is 2.74 bits per heavy atom. The van der Waals surface area contributed by atoms with Crippen molar-refractivity contribution in [3.8, 4) is 0 Å². The number of halogens is 3. The molecule has 0 aliphatic rings. The molecule has 0 atom stereocenters. The minimum absolute atomic E-state index is 0.0424. The smallest absolute Gasteiger partial charge is 0.351 e. The molecular formula is C15H19ClF2N4O. The first-order chi connectivity index (χ1) is 10.8. The first-order valence-electron chi connectivity index (χ1n) is 7.55. The van der Waals surface area contributed by atoms with E-state index in [4.69, 9.17) is 11.6 Å². The summed E-state index contributed by atoms with van der Waals surface area (Å²) in [6.45, 7) is 4.21. The van der Waals surface area contributed by atoms with Gasteiger partial charge in [-0.15, -0.1) is 0 Å². The van der Waals surface area contributed by atoms with Crippen LogP contribution in [0.15, 0.2) is 12.1 Å². The topological polar surface area (TPSA) is 59.3 Å². The average molecular weight is 345 g/mol. The highest BCUT2D eigenvalue weighted by atomic mass is 35.5. The molecule has 8 heteroatoms. The maximum Gasteiger partial charge on any atom is 0.364 e. The summed E-state index contributed by atoms with van der Waals surface area (Å²) in [6.07, 6.45) is 4.13. The number of fused-ring (bicyclic) bond motifs is 1. The molecule has 2 rings (SSSR count). The van der Waals surface area contributed by atoms with E-state index in [2.05, 4.69) is 22.3 Å². The van der Waals surface area contributed by atoms with Crippen LogP contribution in [0.2, 0.25) is 0 Å². The van der Waals surface area contributed by atoms with E-state index in [0.29, 0.717) is 12.2 Å². The summed E-state index contributed by atoms with van der Waals surface area (Å²) >= 11 is 5.11. The third kappa shape index (κ3) is 4.37. The number of nitrogens with one attached hydrogen (secondary N) is 1. The Kier molecular flexibility index (Phi) is 5.51. The van der Waals surface area contributed by atoms with E-state index < -0.39 is 17.0 Å². The van der Waals surface area contributed by atoms with Gasteiger partial charge < -0.3 is 5.32 Å². The van der Waals surface area contributed by atoms with Crippen LogP contribution in [-0.2, 0) is 5.38 Å². The molecule has 0 aromatic carbocycles. The van der Waals surface area contributed by atoms with Crippen molar-refractivity contribution in [2.24, 2.45) is 0 Å². The van der Waals surface area contributed by atoms with Crippen molar-refractivity contribution in [2.75, 3.05) is 6.54 Å². The molecular weight excluding hydrogens is 326 g/mol. The van der Waals surface area contributed by atoms with E-state index in [9.17, 15) is 13.6 Å². The molecule has 1 amide bonds. The number of amides is 1. The third-order valence-electron chi connectivity index (χ3n) is 3.39. The standard InChI is InChI=1S/C15H19ClF2N4O/c1-3-4-5-6-7-19-14(23)11-9-13-20-10(2)8-12(15(16,17)18)22(13)21-11/h8-9H,3-7H2,1-2H3,(H,19,23). The van der Waals surface area contributed by atoms with Crippen LogP contribution in [0.4, 0.5) is 8.78 Å². The molecule has 0 aliphatic carbocycles. The monoisotopic (exact) mass is 344 g/mol. The Hall–Kier alpha value is -1.76. The Bertz CT molecular complexity index is 697. The first-order valence-corrected chi connectivity index (χ1v) is 7.93. The maximum absolute atomic E-state index is 13.5. The first kappa shape index (κ1) is 17.6. The minimum atomic E-state index is -3.59. The number of alkyl halides is 3. The molecule has 2 heterocycles. The van der Waals surface area contributed by atoms with Crippen LogP contribution in [0, 0.1) is 6.92 Å². The fraction of sp³-hybridized carbons (Fsp3) is 0.533. The lowest BCUT2D eigenvalue weighted by Gasteiger charge is -2.10. The highest BCUT2D eigenvalue weighted by Crippen LogP contribution is 2.32. The predicted molar refractivity (Wildman–Crippen MR) is 83.9 cm³/mol.